The summed E-state index contributed by atoms with van der Waals surface area (Å²) in [5, 5.41) is 9.15. The van der Waals surface area contributed by atoms with Gasteiger partial charge in [0.1, 0.15) is 6.10 Å². The van der Waals surface area contributed by atoms with E-state index >= 15 is 0 Å². The van der Waals surface area contributed by atoms with E-state index in [-0.39, 0.29) is 0 Å². The SMILES string of the molecule is C#CC(O)/C=C/CCCCCCCCCCCCCCCC. The minimum atomic E-state index is -0.702. The van der Waals surface area contributed by atoms with Gasteiger partial charge in [-0.3, -0.25) is 0 Å². The summed E-state index contributed by atoms with van der Waals surface area (Å²) in [6.45, 7) is 2.28. The Hall–Kier alpha value is -0.740. The molecule has 1 nitrogen and oxygen atoms in total. The molecule has 0 saturated carbocycles. The lowest BCUT2D eigenvalue weighted by Gasteiger charge is -2.02. The van der Waals surface area contributed by atoms with Crippen molar-refractivity contribution in [1.82, 2.24) is 0 Å². The van der Waals surface area contributed by atoms with E-state index in [4.69, 9.17) is 11.5 Å². The molecule has 0 radical (unpaired) electrons. The summed E-state index contributed by atoms with van der Waals surface area (Å²) in [4.78, 5) is 0. The average Bonchev–Trinajstić information content (AvgIpc) is 2.54. The van der Waals surface area contributed by atoms with Crippen LogP contribution in [0.15, 0.2) is 12.2 Å². The van der Waals surface area contributed by atoms with Crippen molar-refractivity contribution in [1.29, 1.82) is 0 Å². The van der Waals surface area contributed by atoms with Crippen LogP contribution in [0.25, 0.3) is 0 Å². The molecule has 0 aliphatic heterocycles. The van der Waals surface area contributed by atoms with Gasteiger partial charge in [-0.05, 0) is 18.9 Å². The van der Waals surface area contributed by atoms with Crippen molar-refractivity contribution < 1.29 is 5.11 Å². The van der Waals surface area contributed by atoms with Gasteiger partial charge in [-0.15, -0.1) is 6.42 Å². The highest BCUT2D eigenvalue weighted by molar-refractivity contribution is 5.05. The van der Waals surface area contributed by atoms with Crippen molar-refractivity contribution in [3.63, 3.8) is 0 Å². The van der Waals surface area contributed by atoms with Gasteiger partial charge in [0.05, 0.1) is 0 Å². The van der Waals surface area contributed by atoms with E-state index in [9.17, 15) is 0 Å². The zero-order chi connectivity index (χ0) is 16.3. The van der Waals surface area contributed by atoms with Crippen molar-refractivity contribution in [3.8, 4) is 12.3 Å². The predicted octanol–water partition coefficient (Wildman–Crippen LogP) is 6.41. The largest absolute Gasteiger partial charge is 0.377 e. The molecule has 0 aliphatic carbocycles. The highest BCUT2D eigenvalue weighted by Gasteiger charge is 1.94. The second kappa shape index (κ2) is 18.3. The van der Waals surface area contributed by atoms with E-state index in [1.54, 1.807) is 6.08 Å². The fraction of sp³-hybridized carbons (Fsp3) is 0.810. The van der Waals surface area contributed by atoms with Gasteiger partial charge in [0, 0.05) is 0 Å². The van der Waals surface area contributed by atoms with Crippen LogP contribution >= 0.6 is 0 Å². The minimum absolute atomic E-state index is 0.702. The van der Waals surface area contributed by atoms with Crippen molar-refractivity contribution in [3.05, 3.63) is 12.2 Å². The molecule has 0 aromatic heterocycles. The Morgan fingerprint density at radius 2 is 1.18 bits per heavy atom. The van der Waals surface area contributed by atoms with E-state index in [0.717, 1.165) is 6.42 Å². The molecule has 0 rings (SSSR count). The van der Waals surface area contributed by atoms with Gasteiger partial charge >= 0.3 is 0 Å². The van der Waals surface area contributed by atoms with Gasteiger partial charge in [0.25, 0.3) is 0 Å². The molecule has 0 aromatic rings. The molecule has 0 heterocycles. The summed E-state index contributed by atoms with van der Waals surface area (Å²) >= 11 is 0. The molecule has 0 saturated heterocycles. The third kappa shape index (κ3) is 17.3. The van der Waals surface area contributed by atoms with Crippen LogP contribution in [-0.4, -0.2) is 11.2 Å². The quantitative estimate of drug-likeness (QED) is 0.198. The zero-order valence-corrected chi connectivity index (χ0v) is 14.9. The van der Waals surface area contributed by atoms with Crippen LogP contribution < -0.4 is 0 Å². The van der Waals surface area contributed by atoms with E-state index in [2.05, 4.69) is 12.8 Å². The van der Waals surface area contributed by atoms with Gasteiger partial charge < -0.3 is 5.11 Å². The topological polar surface area (TPSA) is 20.2 Å². The molecule has 1 heteroatoms. The van der Waals surface area contributed by atoms with Crippen molar-refractivity contribution in [2.75, 3.05) is 0 Å². The van der Waals surface area contributed by atoms with Crippen LogP contribution in [0.2, 0.25) is 0 Å². The van der Waals surface area contributed by atoms with Gasteiger partial charge in [-0.25, -0.2) is 0 Å². The maximum atomic E-state index is 9.15. The van der Waals surface area contributed by atoms with Gasteiger partial charge in [0.15, 0.2) is 0 Å². The van der Waals surface area contributed by atoms with Crippen LogP contribution in [0.4, 0.5) is 0 Å². The van der Waals surface area contributed by atoms with E-state index in [0.29, 0.717) is 0 Å². The van der Waals surface area contributed by atoms with Crippen molar-refractivity contribution in [2.45, 2.75) is 109 Å². The van der Waals surface area contributed by atoms with Crippen LogP contribution in [0, 0.1) is 12.3 Å². The fourth-order valence-electron chi connectivity index (χ4n) is 2.74. The molecule has 0 spiro atoms. The number of hydrogen-bond acceptors (Lipinski definition) is 1. The van der Waals surface area contributed by atoms with Gasteiger partial charge in [-0.2, -0.15) is 0 Å². The number of aliphatic hydroxyl groups is 1. The molecular formula is C21H38O. The molecule has 128 valence electrons. The first kappa shape index (κ1) is 21.3. The third-order valence-corrected chi connectivity index (χ3v) is 4.21. The maximum absolute atomic E-state index is 9.15. The molecule has 0 aliphatic rings. The second-order valence-electron chi connectivity index (χ2n) is 6.42. The summed E-state index contributed by atoms with van der Waals surface area (Å²) in [5.74, 6) is 2.29. The van der Waals surface area contributed by atoms with Crippen LogP contribution in [0.5, 0.6) is 0 Å². The highest BCUT2D eigenvalue weighted by atomic mass is 16.3. The number of allylic oxidation sites excluding steroid dienone is 1. The lowest BCUT2D eigenvalue weighted by Crippen LogP contribution is -1.95. The second-order valence-corrected chi connectivity index (χ2v) is 6.42. The Morgan fingerprint density at radius 3 is 1.59 bits per heavy atom. The number of unbranched alkanes of at least 4 members (excludes halogenated alkanes) is 14. The van der Waals surface area contributed by atoms with Gasteiger partial charge in [-0.1, -0.05) is 102 Å². The maximum Gasteiger partial charge on any atom is 0.133 e. The minimum Gasteiger partial charge on any atom is -0.377 e. The summed E-state index contributed by atoms with van der Waals surface area (Å²) in [7, 11) is 0. The monoisotopic (exact) mass is 306 g/mol. The van der Waals surface area contributed by atoms with Gasteiger partial charge in [0.2, 0.25) is 0 Å². The Labute approximate surface area is 139 Å². The number of rotatable bonds is 16. The summed E-state index contributed by atoms with van der Waals surface area (Å²) in [5.41, 5.74) is 0. The normalized spacial score (nSPS) is 12.6. The first-order valence-corrected chi connectivity index (χ1v) is 9.62. The molecule has 1 N–H and O–H groups in total. The predicted molar refractivity (Wildman–Crippen MR) is 98.9 cm³/mol. The Balaban J connectivity index is 3.06. The zero-order valence-electron chi connectivity index (χ0n) is 14.9. The smallest absolute Gasteiger partial charge is 0.133 e. The molecule has 0 aromatic carbocycles. The van der Waals surface area contributed by atoms with Crippen LogP contribution in [0.1, 0.15) is 103 Å². The molecule has 0 amide bonds. The van der Waals surface area contributed by atoms with Crippen molar-refractivity contribution in [2.24, 2.45) is 0 Å². The lowest BCUT2D eigenvalue weighted by atomic mass is 10.0. The molecule has 0 fully saturated rings. The Kier molecular flexibility index (Phi) is 17.7. The Bertz CT molecular complexity index is 274. The molecule has 22 heavy (non-hydrogen) atoms. The van der Waals surface area contributed by atoms with Crippen molar-refractivity contribution >= 4 is 0 Å². The highest BCUT2D eigenvalue weighted by Crippen LogP contribution is 2.13. The van der Waals surface area contributed by atoms with Crippen LogP contribution in [0.3, 0.4) is 0 Å². The summed E-state index contributed by atoms with van der Waals surface area (Å²) in [6.07, 6.45) is 28.6. The fourth-order valence-corrected chi connectivity index (χ4v) is 2.74. The number of hydrogen-bond donors (Lipinski definition) is 1. The number of terminal acetylenes is 1. The lowest BCUT2D eigenvalue weighted by molar-refractivity contribution is 0.280. The standard InChI is InChI=1S/C21H38O/c1-3-5-6-7-8-9-10-11-12-13-14-15-16-17-18-19-20-21(22)4-2/h2,19-22H,3,5-18H2,1H3/b20-19+. The summed E-state index contributed by atoms with van der Waals surface area (Å²) < 4.78 is 0. The first-order valence-electron chi connectivity index (χ1n) is 9.62. The first-order chi connectivity index (χ1) is 10.8. The van der Waals surface area contributed by atoms with E-state index in [1.165, 1.54) is 89.9 Å². The molecule has 1 unspecified atom stereocenters. The Morgan fingerprint density at radius 1 is 0.773 bits per heavy atom. The van der Waals surface area contributed by atoms with E-state index < -0.39 is 6.10 Å². The molecular weight excluding hydrogens is 268 g/mol. The number of aliphatic hydroxyl groups excluding tert-OH is 1. The van der Waals surface area contributed by atoms with Crippen LogP contribution in [-0.2, 0) is 0 Å². The summed E-state index contributed by atoms with van der Waals surface area (Å²) in [6, 6.07) is 0. The average molecular weight is 307 g/mol. The molecule has 0 bridgehead atoms. The molecule has 1 atom stereocenters. The van der Waals surface area contributed by atoms with E-state index in [1.807, 2.05) is 6.08 Å². The third-order valence-electron chi connectivity index (χ3n) is 4.21.